The highest BCUT2D eigenvalue weighted by molar-refractivity contribution is 6.40. The van der Waals surface area contributed by atoms with E-state index in [-0.39, 0.29) is 81.6 Å². The molecule has 2 aliphatic carbocycles. The molecule has 15 heteroatoms. The molecule has 7 rings (SSSR count). The van der Waals surface area contributed by atoms with Crippen LogP contribution in [0.3, 0.4) is 0 Å². The monoisotopic (exact) mass is 834 g/mol. The third kappa shape index (κ3) is 9.62. The molecule has 4 aliphatic rings. The Morgan fingerprint density at radius 2 is 1.72 bits per heavy atom. The third-order valence-corrected chi connectivity index (χ3v) is 11.7. The number of aromatic nitrogens is 1. The minimum Gasteiger partial charge on any atom is -0.489 e. The van der Waals surface area contributed by atoms with Crippen molar-refractivity contribution in [1.82, 2.24) is 15.2 Å². The first-order valence-corrected chi connectivity index (χ1v) is 20.3. The Labute approximate surface area is 344 Å². The Hall–Kier alpha value is -5.06. The van der Waals surface area contributed by atoms with Crippen LogP contribution in [0.25, 0.3) is 0 Å². The summed E-state index contributed by atoms with van der Waals surface area (Å²) in [5.41, 5.74) is 2.59. The SMILES string of the molecule is O=C1CCC(C2Cc3c(C#CC4CCN(C(=O)CCCCN(C(=O)c5ccc(OC(F)F)c(OCC6CC6)c5)c5c(Cl)cncc5Cl)CC4)cccc3C2=O)C(=O)N1. The normalized spacial score (nSPS) is 19.3. The molecule has 58 heavy (non-hydrogen) atoms. The summed E-state index contributed by atoms with van der Waals surface area (Å²) in [7, 11) is 0. The van der Waals surface area contributed by atoms with Crippen LogP contribution in [0.4, 0.5) is 14.5 Å². The van der Waals surface area contributed by atoms with Gasteiger partial charge in [0.1, 0.15) is 0 Å². The van der Waals surface area contributed by atoms with Gasteiger partial charge in [-0.15, -0.1) is 0 Å². The lowest BCUT2D eigenvalue weighted by Crippen LogP contribution is -2.44. The maximum atomic E-state index is 14.0. The number of amides is 4. The van der Waals surface area contributed by atoms with Crippen LogP contribution in [0.1, 0.15) is 89.6 Å². The number of fused-ring (bicyclic) bond motifs is 1. The van der Waals surface area contributed by atoms with E-state index >= 15 is 0 Å². The van der Waals surface area contributed by atoms with Gasteiger partial charge < -0.3 is 19.3 Å². The predicted octanol–water partition coefficient (Wildman–Crippen LogP) is 7.29. The van der Waals surface area contributed by atoms with Gasteiger partial charge in [0, 0.05) is 79.3 Å². The largest absolute Gasteiger partial charge is 0.489 e. The highest BCUT2D eigenvalue weighted by atomic mass is 35.5. The van der Waals surface area contributed by atoms with E-state index in [9.17, 15) is 32.8 Å². The molecule has 2 saturated heterocycles. The second-order valence-corrected chi connectivity index (χ2v) is 16.0. The maximum Gasteiger partial charge on any atom is 0.387 e. The number of alkyl halides is 2. The smallest absolute Gasteiger partial charge is 0.387 e. The van der Waals surface area contributed by atoms with Gasteiger partial charge in [0.15, 0.2) is 17.3 Å². The minimum atomic E-state index is -3.07. The second-order valence-electron chi connectivity index (χ2n) is 15.1. The summed E-state index contributed by atoms with van der Waals surface area (Å²) in [6.07, 6.45) is 8.24. The minimum absolute atomic E-state index is 0.00443. The highest BCUT2D eigenvalue weighted by Gasteiger charge is 2.42. The fourth-order valence-electron chi connectivity index (χ4n) is 7.82. The molecule has 2 aromatic carbocycles. The molecule has 11 nitrogen and oxygen atoms in total. The van der Waals surface area contributed by atoms with Crippen LogP contribution < -0.4 is 19.7 Å². The van der Waals surface area contributed by atoms with Crippen molar-refractivity contribution < 1.29 is 42.2 Å². The summed E-state index contributed by atoms with van der Waals surface area (Å²) in [5.74, 6) is 4.57. The molecule has 1 N–H and O–H groups in total. The van der Waals surface area contributed by atoms with E-state index in [0.29, 0.717) is 69.7 Å². The van der Waals surface area contributed by atoms with E-state index in [2.05, 4.69) is 26.9 Å². The quantitative estimate of drug-likeness (QED) is 0.108. The van der Waals surface area contributed by atoms with Crippen molar-refractivity contribution >= 4 is 58.3 Å². The predicted molar refractivity (Wildman–Crippen MR) is 211 cm³/mol. The van der Waals surface area contributed by atoms with Crippen molar-refractivity contribution in [3.05, 3.63) is 81.1 Å². The van der Waals surface area contributed by atoms with Crippen LogP contribution in [0.5, 0.6) is 11.5 Å². The molecule has 2 atom stereocenters. The van der Waals surface area contributed by atoms with Gasteiger partial charge in [-0.3, -0.25) is 34.3 Å². The van der Waals surface area contributed by atoms with Gasteiger partial charge in [0.2, 0.25) is 17.7 Å². The van der Waals surface area contributed by atoms with Crippen LogP contribution in [-0.4, -0.2) is 72.1 Å². The number of rotatable bonds is 13. The lowest BCUT2D eigenvalue weighted by Gasteiger charge is -2.30. The molecule has 0 spiro atoms. The number of halogens is 4. The number of unbranched alkanes of at least 4 members (excludes halogenated alkanes) is 1. The van der Waals surface area contributed by atoms with Crippen LogP contribution >= 0.6 is 23.2 Å². The molecule has 3 heterocycles. The first kappa shape index (κ1) is 41.1. The summed E-state index contributed by atoms with van der Waals surface area (Å²) >= 11 is 13.0. The molecular formula is C43H42Cl2F2N4O7. The van der Waals surface area contributed by atoms with Crippen LogP contribution in [0.15, 0.2) is 48.8 Å². The average Bonchev–Trinajstić information content (AvgIpc) is 3.98. The summed E-state index contributed by atoms with van der Waals surface area (Å²) in [4.78, 5) is 72.0. The lowest BCUT2D eigenvalue weighted by atomic mass is 9.83. The lowest BCUT2D eigenvalue weighted by molar-refractivity contribution is -0.137. The van der Waals surface area contributed by atoms with Crippen molar-refractivity contribution in [2.75, 3.05) is 31.1 Å². The van der Waals surface area contributed by atoms with Crippen LogP contribution in [-0.2, 0) is 20.8 Å². The number of nitrogens with zero attached hydrogens (tertiary/aromatic N) is 3. The number of hydrogen-bond donors (Lipinski definition) is 1. The summed E-state index contributed by atoms with van der Waals surface area (Å²) in [6.45, 7) is -1.51. The Morgan fingerprint density at radius 1 is 0.966 bits per heavy atom. The van der Waals surface area contributed by atoms with E-state index < -0.39 is 24.4 Å². The van der Waals surface area contributed by atoms with Gasteiger partial charge >= 0.3 is 6.61 Å². The zero-order valence-corrected chi connectivity index (χ0v) is 33.1. The zero-order chi connectivity index (χ0) is 40.9. The Balaban J connectivity index is 0.935. The molecule has 304 valence electrons. The van der Waals surface area contributed by atoms with E-state index in [1.165, 1.54) is 35.5 Å². The number of nitrogens with one attached hydrogen (secondary N) is 1. The van der Waals surface area contributed by atoms with E-state index in [0.717, 1.165) is 24.0 Å². The molecule has 0 bridgehead atoms. The van der Waals surface area contributed by atoms with E-state index in [4.69, 9.17) is 27.9 Å². The number of piperidine rings is 2. The van der Waals surface area contributed by atoms with Crippen LogP contribution in [0, 0.1) is 35.5 Å². The third-order valence-electron chi connectivity index (χ3n) is 11.2. The van der Waals surface area contributed by atoms with Gasteiger partial charge in [0.25, 0.3) is 5.91 Å². The number of Topliss-reactive ketones (excluding diaryl/α,β-unsaturated/α-hetero) is 1. The Bertz CT molecular complexity index is 2140. The summed E-state index contributed by atoms with van der Waals surface area (Å²) in [5, 5.41) is 2.66. The molecule has 4 amide bonds. The number of ether oxygens (including phenoxy) is 2. The van der Waals surface area contributed by atoms with E-state index in [1.807, 2.05) is 11.0 Å². The number of carbonyl (C=O) groups excluding carboxylic acids is 5. The number of pyridine rings is 1. The standard InChI is InChI=1S/C43H42Cl2F2N4O7/c44-33-22-48-23-34(45)39(33)51(42(56)28-11-13-35(58-43(46)47)36(20-28)57-24-26-7-8-26)17-2-1-6-38(53)50-18-15-25(16-19-50)9-10-27-4-3-5-29-31(27)21-32(40(29)54)30-12-14-37(52)49-41(30)55/h3-5,11,13,20,22-23,25-26,30,32,43H,1-2,6-8,12,14-19,21,24H2,(H,49,52,55). The fraction of sp³-hybridized carbons (Fsp3) is 0.442. The van der Waals surface area contributed by atoms with Gasteiger partial charge in [-0.25, -0.2) is 0 Å². The van der Waals surface area contributed by atoms with Crippen molar-refractivity contribution in [1.29, 1.82) is 0 Å². The Morgan fingerprint density at radius 3 is 2.43 bits per heavy atom. The number of ketones is 1. The average molecular weight is 836 g/mol. The molecule has 0 radical (unpaired) electrons. The van der Waals surface area contributed by atoms with Crippen molar-refractivity contribution in [2.24, 2.45) is 23.7 Å². The van der Waals surface area contributed by atoms with Gasteiger partial charge in [-0.1, -0.05) is 47.2 Å². The first-order valence-electron chi connectivity index (χ1n) is 19.6. The topological polar surface area (TPSA) is 135 Å². The summed E-state index contributed by atoms with van der Waals surface area (Å²) in [6, 6.07) is 9.50. The summed E-state index contributed by atoms with van der Waals surface area (Å²) < 4.78 is 36.7. The van der Waals surface area contributed by atoms with Crippen molar-refractivity contribution in [2.45, 2.75) is 70.8 Å². The molecule has 1 saturated carbocycles. The molecular weight excluding hydrogens is 793 g/mol. The Kier molecular flexibility index (Phi) is 12.9. The van der Waals surface area contributed by atoms with Gasteiger partial charge in [-0.2, -0.15) is 8.78 Å². The second kappa shape index (κ2) is 18.2. The van der Waals surface area contributed by atoms with Crippen LogP contribution in [0.2, 0.25) is 10.0 Å². The number of anilines is 1. The van der Waals surface area contributed by atoms with Crippen molar-refractivity contribution in [3.8, 4) is 23.3 Å². The molecule has 3 aromatic rings. The number of benzene rings is 2. The molecule has 3 fully saturated rings. The number of carbonyl (C=O) groups is 5. The van der Waals surface area contributed by atoms with Crippen molar-refractivity contribution in [3.63, 3.8) is 0 Å². The number of imide groups is 1. The molecule has 2 aliphatic heterocycles. The first-order chi connectivity index (χ1) is 28.0. The zero-order valence-electron chi connectivity index (χ0n) is 31.6. The highest BCUT2D eigenvalue weighted by Crippen LogP contribution is 2.39. The molecule has 2 unspecified atom stereocenters. The van der Waals surface area contributed by atoms with Gasteiger partial charge in [0.05, 0.1) is 22.3 Å². The number of likely N-dealkylation sites (tertiary alicyclic amines) is 1. The molecule has 1 aromatic heterocycles. The maximum absolute atomic E-state index is 14.0. The van der Waals surface area contributed by atoms with Gasteiger partial charge in [-0.05, 0) is 87.1 Å². The fourth-order valence-corrected chi connectivity index (χ4v) is 8.38. The number of hydrogen-bond acceptors (Lipinski definition) is 8. The van der Waals surface area contributed by atoms with E-state index in [1.54, 1.807) is 12.1 Å².